The zero-order chi connectivity index (χ0) is 13.8. The fraction of sp³-hybridized carbons (Fsp3) is 0.812. The molecule has 2 rings (SSSR count). The van der Waals surface area contributed by atoms with E-state index in [1.807, 2.05) is 0 Å². The van der Waals surface area contributed by atoms with Crippen molar-refractivity contribution < 1.29 is 0 Å². The summed E-state index contributed by atoms with van der Waals surface area (Å²) in [5.41, 5.74) is 2.84. The van der Waals surface area contributed by atoms with Crippen LogP contribution in [0.1, 0.15) is 76.6 Å². The Morgan fingerprint density at radius 2 is 1.95 bits per heavy atom. The summed E-state index contributed by atoms with van der Waals surface area (Å²) in [6.07, 6.45) is 7.42. The van der Waals surface area contributed by atoms with E-state index in [0.29, 0.717) is 17.9 Å². The molecule has 0 aliphatic heterocycles. The molecule has 1 aliphatic carbocycles. The molecule has 1 aromatic heterocycles. The van der Waals surface area contributed by atoms with Gasteiger partial charge in [-0.25, -0.2) is 0 Å². The van der Waals surface area contributed by atoms with E-state index in [4.69, 9.17) is 5.10 Å². The standard InChI is InChI=1S/C16H29N3/c1-12(2)9-17-10-14-11-18-19(16(14)13(3)4)15-7-5-6-8-15/h11-13,15,17H,5-10H2,1-4H3. The van der Waals surface area contributed by atoms with Gasteiger partial charge >= 0.3 is 0 Å². The Balaban J connectivity index is 2.10. The molecule has 1 fully saturated rings. The first-order valence-corrected chi connectivity index (χ1v) is 7.86. The summed E-state index contributed by atoms with van der Waals surface area (Å²) in [5, 5.41) is 8.24. The van der Waals surface area contributed by atoms with Crippen LogP contribution >= 0.6 is 0 Å². The number of aromatic nitrogens is 2. The Morgan fingerprint density at radius 3 is 2.53 bits per heavy atom. The SMILES string of the molecule is CC(C)CNCc1cnn(C2CCCC2)c1C(C)C. The van der Waals surface area contributed by atoms with Gasteiger partial charge in [0.15, 0.2) is 0 Å². The second kappa shape index (κ2) is 6.56. The second-order valence-electron chi connectivity index (χ2n) is 6.62. The van der Waals surface area contributed by atoms with Crippen molar-refractivity contribution in [2.75, 3.05) is 6.54 Å². The minimum absolute atomic E-state index is 0.555. The average molecular weight is 263 g/mol. The summed E-state index contributed by atoms with van der Waals surface area (Å²) in [4.78, 5) is 0. The summed E-state index contributed by atoms with van der Waals surface area (Å²) in [6.45, 7) is 11.1. The number of nitrogens with one attached hydrogen (secondary N) is 1. The van der Waals surface area contributed by atoms with Crippen molar-refractivity contribution in [2.45, 2.75) is 71.9 Å². The highest BCUT2D eigenvalue weighted by Gasteiger charge is 2.23. The molecule has 0 radical (unpaired) electrons. The third kappa shape index (κ3) is 3.59. The number of nitrogens with zero attached hydrogens (tertiary/aromatic N) is 2. The maximum absolute atomic E-state index is 4.69. The van der Waals surface area contributed by atoms with Crippen LogP contribution in [-0.4, -0.2) is 16.3 Å². The van der Waals surface area contributed by atoms with Crippen molar-refractivity contribution in [3.8, 4) is 0 Å². The van der Waals surface area contributed by atoms with Gasteiger partial charge in [0.1, 0.15) is 0 Å². The van der Waals surface area contributed by atoms with Gasteiger partial charge in [0.2, 0.25) is 0 Å². The Hall–Kier alpha value is -0.830. The van der Waals surface area contributed by atoms with Crippen LogP contribution in [0.3, 0.4) is 0 Å². The zero-order valence-corrected chi connectivity index (χ0v) is 12.9. The van der Waals surface area contributed by atoms with Crippen molar-refractivity contribution in [1.82, 2.24) is 15.1 Å². The molecule has 1 saturated carbocycles. The number of hydrogen-bond acceptors (Lipinski definition) is 2. The quantitative estimate of drug-likeness (QED) is 0.844. The summed E-state index contributed by atoms with van der Waals surface area (Å²) < 4.78 is 2.32. The Kier molecular flexibility index (Phi) is 5.03. The zero-order valence-electron chi connectivity index (χ0n) is 12.9. The monoisotopic (exact) mass is 263 g/mol. The van der Waals surface area contributed by atoms with Gasteiger partial charge in [0, 0.05) is 17.8 Å². The van der Waals surface area contributed by atoms with Crippen LogP contribution in [0.15, 0.2) is 6.20 Å². The molecule has 0 spiro atoms. The number of rotatable bonds is 6. The molecule has 0 saturated heterocycles. The highest BCUT2D eigenvalue weighted by atomic mass is 15.3. The van der Waals surface area contributed by atoms with Crippen LogP contribution in [0.5, 0.6) is 0 Å². The van der Waals surface area contributed by atoms with Crippen LogP contribution in [0.2, 0.25) is 0 Å². The van der Waals surface area contributed by atoms with E-state index in [9.17, 15) is 0 Å². The van der Waals surface area contributed by atoms with E-state index in [2.05, 4.69) is 43.9 Å². The largest absolute Gasteiger partial charge is 0.312 e. The Labute approximate surface area is 117 Å². The average Bonchev–Trinajstić information content (AvgIpc) is 2.95. The Morgan fingerprint density at radius 1 is 1.26 bits per heavy atom. The lowest BCUT2D eigenvalue weighted by Gasteiger charge is -2.18. The normalized spacial score (nSPS) is 16.9. The topological polar surface area (TPSA) is 29.9 Å². The van der Waals surface area contributed by atoms with E-state index in [-0.39, 0.29) is 0 Å². The third-order valence-electron chi connectivity index (χ3n) is 4.00. The third-order valence-corrected chi connectivity index (χ3v) is 4.00. The lowest BCUT2D eigenvalue weighted by Crippen LogP contribution is -2.20. The molecule has 108 valence electrons. The van der Waals surface area contributed by atoms with Gasteiger partial charge < -0.3 is 5.32 Å². The molecule has 0 unspecified atom stereocenters. The van der Waals surface area contributed by atoms with Crippen LogP contribution in [0, 0.1) is 5.92 Å². The summed E-state index contributed by atoms with van der Waals surface area (Å²) in [5.74, 6) is 1.26. The van der Waals surface area contributed by atoms with Crippen LogP contribution in [0.25, 0.3) is 0 Å². The van der Waals surface area contributed by atoms with Gasteiger partial charge in [-0.05, 0) is 31.2 Å². The van der Waals surface area contributed by atoms with Gasteiger partial charge in [0.25, 0.3) is 0 Å². The molecule has 0 bridgehead atoms. The molecular weight excluding hydrogens is 234 g/mol. The first-order chi connectivity index (χ1) is 9.09. The van der Waals surface area contributed by atoms with Gasteiger partial charge in [-0.2, -0.15) is 5.10 Å². The highest BCUT2D eigenvalue weighted by Crippen LogP contribution is 2.33. The smallest absolute Gasteiger partial charge is 0.0537 e. The van der Waals surface area contributed by atoms with E-state index >= 15 is 0 Å². The van der Waals surface area contributed by atoms with Crippen LogP contribution < -0.4 is 5.32 Å². The van der Waals surface area contributed by atoms with E-state index in [0.717, 1.165) is 13.1 Å². The molecule has 3 heteroatoms. The molecule has 1 aromatic rings. The molecule has 1 aliphatic rings. The minimum atomic E-state index is 0.555. The molecule has 1 N–H and O–H groups in total. The molecule has 19 heavy (non-hydrogen) atoms. The Bertz CT molecular complexity index is 387. The van der Waals surface area contributed by atoms with Crippen molar-refractivity contribution in [2.24, 2.45) is 5.92 Å². The van der Waals surface area contributed by atoms with Crippen LogP contribution in [-0.2, 0) is 6.54 Å². The first kappa shape index (κ1) is 14.6. The fourth-order valence-electron chi connectivity index (χ4n) is 3.11. The summed E-state index contributed by atoms with van der Waals surface area (Å²) >= 11 is 0. The molecule has 3 nitrogen and oxygen atoms in total. The van der Waals surface area contributed by atoms with E-state index in [1.165, 1.54) is 36.9 Å². The number of hydrogen-bond donors (Lipinski definition) is 1. The maximum Gasteiger partial charge on any atom is 0.0537 e. The molecule has 1 heterocycles. The molecule has 0 atom stereocenters. The molecule has 0 amide bonds. The van der Waals surface area contributed by atoms with Crippen LogP contribution in [0.4, 0.5) is 0 Å². The van der Waals surface area contributed by atoms with Gasteiger partial charge in [-0.1, -0.05) is 40.5 Å². The minimum Gasteiger partial charge on any atom is -0.312 e. The van der Waals surface area contributed by atoms with Gasteiger partial charge in [0.05, 0.1) is 12.2 Å². The van der Waals surface area contributed by atoms with Gasteiger partial charge in [-0.15, -0.1) is 0 Å². The fourth-order valence-corrected chi connectivity index (χ4v) is 3.11. The first-order valence-electron chi connectivity index (χ1n) is 7.86. The summed E-state index contributed by atoms with van der Waals surface area (Å²) in [6, 6.07) is 0.649. The second-order valence-corrected chi connectivity index (χ2v) is 6.62. The predicted octanol–water partition coefficient (Wildman–Crippen LogP) is 3.87. The lowest BCUT2D eigenvalue weighted by atomic mass is 10.0. The van der Waals surface area contributed by atoms with E-state index < -0.39 is 0 Å². The highest BCUT2D eigenvalue weighted by molar-refractivity contribution is 5.21. The lowest BCUT2D eigenvalue weighted by molar-refractivity contribution is 0.440. The molecule has 0 aromatic carbocycles. The van der Waals surface area contributed by atoms with Crippen molar-refractivity contribution in [3.63, 3.8) is 0 Å². The van der Waals surface area contributed by atoms with Crippen molar-refractivity contribution in [1.29, 1.82) is 0 Å². The van der Waals surface area contributed by atoms with Crippen molar-refractivity contribution in [3.05, 3.63) is 17.5 Å². The van der Waals surface area contributed by atoms with Crippen molar-refractivity contribution >= 4 is 0 Å². The maximum atomic E-state index is 4.69. The predicted molar refractivity (Wildman–Crippen MR) is 80.4 cm³/mol. The van der Waals surface area contributed by atoms with Gasteiger partial charge in [-0.3, -0.25) is 4.68 Å². The summed E-state index contributed by atoms with van der Waals surface area (Å²) in [7, 11) is 0. The van der Waals surface area contributed by atoms with E-state index in [1.54, 1.807) is 0 Å². The molecular formula is C16H29N3.